The molecule has 3 aromatic carbocycles. The number of thiazole rings is 1. The fourth-order valence-electron chi connectivity index (χ4n) is 4.55. The highest BCUT2D eigenvalue weighted by molar-refractivity contribution is 7.22. The molecule has 0 unspecified atom stereocenters. The molecule has 35 heavy (non-hydrogen) atoms. The normalized spacial score (nSPS) is 15.2. The molecule has 0 spiro atoms. The van der Waals surface area contributed by atoms with Crippen LogP contribution in [0, 0.1) is 6.92 Å². The minimum Gasteiger partial charge on any atom is -0.494 e. The average Bonchev–Trinajstić information content (AvgIpc) is 3.41. The van der Waals surface area contributed by atoms with Crippen molar-refractivity contribution in [1.82, 2.24) is 4.98 Å². The zero-order chi connectivity index (χ0) is 24.1. The second-order valence-corrected chi connectivity index (χ2v) is 9.65. The molecule has 1 amide bonds. The molecule has 7 heteroatoms. The Balaban J connectivity index is 1.59. The standard InChI is InChI=1S/C28H22N2O4S/c1-3-13-33-18-8-6-7-17(15-18)24-23-25(31)19-9-4-5-10-21(19)34-26(23)27(32)30(24)28-29-20-12-11-16(2)14-22(20)35-28/h4-12,14-15,24H,3,13H2,1-2H3/t24-/m1/s1. The van der Waals surface area contributed by atoms with Gasteiger partial charge >= 0.3 is 0 Å². The van der Waals surface area contributed by atoms with Crippen LogP contribution >= 0.6 is 11.3 Å². The summed E-state index contributed by atoms with van der Waals surface area (Å²) in [6, 6.07) is 19.9. The Morgan fingerprint density at radius 1 is 1.06 bits per heavy atom. The molecule has 3 heterocycles. The van der Waals surface area contributed by atoms with Crippen LogP contribution in [0.15, 0.2) is 75.9 Å². The first-order chi connectivity index (χ1) is 17.0. The van der Waals surface area contributed by atoms with Gasteiger partial charge in [-0.05, 0) is 60.9 Å². The number of para-hydroxylation sites is 1. The fraction of sp³-hybridized carbons (Fsp3) is 0.179. The number of rotatable bonds is 5. The summed E-state index contributed by atoms with van der Waals surface area (Å²) in [5.74, 6) is 0.382. The van der Waals surface area contributed by atoms with Crippen LogP contribution in [0.2, 0.25) is 0 Å². The molecule has 1 atom stereocenters. The van der Waals surface area contributed by atoms with Gasteiger partial charge in [0.15, 0.2) is 10.6 Å². The molecule has 0 aliphatic carbocycles. The highest BCUT2D eigenvalue weighted by Crippen LogP contribution is 2.44. The number of hydrogen-bond acceptors (Lipinski definition) is 6. The summed E-state index contributed by atoms with van der Waals surface area (Å²) in [4.78, 5) is 33.9. The molecule has 2 aromatic heterocycles. The number of benzene rings is 3. The Kier molecular flexibility index (Phi) is 5.15. The Morgan fingerprint density at radius 2 is 1.91 bits per heavy atom. The number of amides is 1. The maximum absolute atomic E-state index is 13.8. The summed E-state index contributed by atoms with van der Waals surface area (Å²) in [6.07, 6.45) is 0.877. The average molecular weight is 483 g/mol. The Hall–Kier alpha value is -3.97. The first-order valence-electron chi connectivity index (χ1n) is 11.5. The van der Waals surface area contributed by atoms with Gasteiger partial charge < -0.3 is 9.15 Å². The molecular weight excluding hydrogens is 460 g/mol. The lowest BCUT2D eigenvalue weighted by Gasteiger charge is -2.23. The van der Waals surface area contributed by atoms with Crippen molar-refractivity contribution in [2.24, 2.45) is 0 Å². The van der Waals surface area contributed by atoms with Crippen molar-refractivity contribution < 1.29 is 13.9 Å². The molecule has 0 N–H and O–H groups in total. The van der Waals surface area contributed by atoms with E-state index in [1.54, 1.807) is 29.2 Å². The van der Waals surface area contributed by atoms with E-state index in [-0.39, 0.29) is 17.1 Å². The summed E-state index contributed by atoms with van der Waals surface area (Å²) in [5, 5.41) is 0.972. The van der Waals surface area contributed by atoms with Crippen molar-refractivity contribution in [2.45, 2.75) is 26.3 Å². The lowest BCUT2D eigenvalue weighted by Crippen LogP contribution is -2.29. The van der Waals surface area contributed by atoms with Crippen molar-refractivity contribution in [2.75, 3.05) is 11.5 Å². The van der Waals surface area contributed by atoms with Gasteiger partial charge in [0.1, 0.15) is 11.3 Å². The molecule has 0 radical (unpaired) electrons. The van der Waals surface area contributed by atoms with Crippen LogP contribution in [0.3, 0.4) is 0 Å². The zero-order valence-corrected chi connectivity index (χ0v) is 20.1. The monoisotopic (exact) mass is 482 g/mol. The van der Waals surface area contributed by atoms with E-state index in [0.29, 0.717) is 34.0 Å². The molecule has 6 nitrogen and oxygen atoms in total. The smallest absolute Gasteiger partial charge is 0.297 e. The third kappa shape index (κ3) is 3.51. The highest BCUT2D eigenvalue weighted by Gasteiger charge is 2.45. The van der Waals surface area contributed by atoms with Crippen LogP contribution in [0.25, 0.3) is 21.2 Å². The lowest BCUT2D eigenvalue weighted by molar-refractivity contribution is 0.0971. The third-order valence-corrected chi connectivity index (χ3v) is 7.18. The van der Waals surface area contributed by atoms with Crippen molar-refractivity contribution in [3.05, 3.63) is 99.4 Å². The van der Waals surface area contributed by atoms with Gasteiger partial charge in [0.2, 0.25) is 5.76 Å². The van der Waals surface area contributed by atoms with Gasteiger partial charge in [-0.1, -0.05) is 48.6 Å². The summed E-state index contributed by atoms with van der Waals surface area (Å²) < 4.78 is 12.9. The van der Waals surface area contributed by atoms with Gasteiger partial charge in [-0.25, -0.2) is 4.98 Å². The van der Waals surface area contributed by atoms with Crippen LogP contribution < -0.4 is 15.1 Å². The van der Waals surface area contributed by atoms with Gasteiger partial charge in [0, 0.05) is 0 Å². The van der Waals surface area contributed by atoms with Crippen LogP contribution in [0.1, 0.15) is 46.6 Å². The minimum atomic E-state index is -0.676. The number of hydrogen-bond donors (Lipinski definition) is 0. The van der Waals surface area contributed by atoms with Gasteiger partial charge in [0.25, 0.3) is 5.91 Å². The number of carbonyl (C=O) groups is 1. The van der Waals surface area contributed by atoms with Gasteiger partial charge in [-0.15, -0.1) is 0 Å². The molecule has 6 rings (SSSR count). The van der Waals surface area contributed by atoms with Crippen molar-refractivity contribution in [3.63, 3.8) is 0 Å². The van der Waals surface area contributed by atoms with E-state index in [9.17, 15) is 9.59 Å². The number of nitrogens with zero attached hydrogens (tertiary/aromatic N) is 2. The number of anilines is 1. The van der Waals surface area contributed by atoms with E-state index in [0.717, 1.165) is 27.8 Å². The van der Waals surface area contributed by atoms with Gasteiger partial charge in [-0.2, -0.15) is 0 Å². The molecule has 1 aliphatic rings. The largest absolute Gasteiger partial charge is 0.494 e. The molecule has 174 valence electrons. The lowest BCUT2D eigenvalue weighted by atomic mass is 9.98. The summed E-state index contributed by atoms with van der Waals surface area (Å²) in [7, 11) is 0. The number of aryl methyl sites for hydroxylation is 1. The van der Waals surface area contributed by atoms with E-state index >= 15 is 0 Å². The molecule has 5 aromatic rings. The highest BCUT2D eigenvalue weighted by atomic mass is 32.1. The van der Waals surface area contributed by atoms with E-state index in [2.05, 4.69) is 6.07 Å². The zero-order valence-electron chi connectivity index (χ0n) is 19.3. The molecule has 0 saturated heterocycles. The van der Waals surface area contributed by atoms with Crippen LogP contribution in [-0.4, -0.2) is 17.5 Å². The summed E-state index contributed by atoms with van der Waals surface area (Å²) >= 11 is 1.43. The number of fused-ring (bicyclic) bond motifs is 3. The number of aromatic nitrogens is 1. The quantitative estimate of drug-likeness (QED) is 0.296. The predicted molar refractivity (Wildman–Crippen MR) is 138 cm³/mol. The van der Waals surface area contributed by atoms with E-state index in [4.69, 9.17) is 14.1 Å². The maximum Gasteiger partial charge on any atom is 0.297 e. The maximum atomic E-state index is 13.8. The van der Waals surface area contributed by atoms with E-state index in [1.165, 1.54) is 11.3 Å². The van der Waals surface area contributed by atoms with Gasteiger partial charge in [-0.3, -0.25) is 14.5 Å². The van der Waals surface area contributed by atoms with Crippen molar-refractivity contribution in [3.8, 4) is 5.75 Å². The SMILES string of the molecule is CCCOc1cccc([C@@H]2c3c(oc4ccccc4c3=O)C(=O)N2c2nc3ccc(C)cc3s2)c1. The molecule has 1 aliphatic heterocycles. The van der Waals surface area contributed by atoms with Crippen molar-refractivity contribution in [1.29, 1.82) is 0 Å². The number of carbonyl (C=O) groups excluding carboxylic acids is 1. The summed E-state index contributed by atoms with van der Waals surface area (Å²) in [5.41, 5.74) is 3.21. The van der Waals surface area contributed by atoms with E-state index < -0.39 is 6.04 Å². The Morgan fingerprint density at radius 3 is 2.77 bits per heavy atom. The van der Waals surface area contributed by atoms with Crippen LogP contribution in [0.4, 0.5) is 5.13 Å². The summed E-state index contributed by atoms with van der Waals surface area (Å²) in [6.45, 7) is 4.65. The molecule has 0 bridgehead atoms. The first kappa shape index (κ1) is 21.6. The number of ether oxygens (including phenoxy) is 1. The molecule has 0 fully saturated rings. The van der Waals surface area contributed by atoms with Crippen LogP contribution in [-0.2, 0) is 0 Å². The topological polar surface area (TPSA) is 72.6 Å². The fourth-order valence-corrected chi connectivity index (χ4v) is 5.64. The molecule has 0 saturated carbocycles. The third-order valence-electron chi connectivity index (χ3n) is 6.16. The van der Waals surface area contributed by atoms with Gasteiger partial charge in [0.05, 0.1) is 33.8 Å². The Bertz CT molecular complexity index is 1670. The second-order valence-electron chi connectivity index (χ2n) is 8.64. The predicted octanol–water partition coefficient (Wildman–Crippen LogP) is 6.25. The van der Waals surface area contributed by atoms with Crippen LogP contribution in [0.5, 0.6) is 5.75 Å². The Labute approximate surface area is 205 Å². The van der Waals surface area contributed by atoms with E-state index in [1.807, 2.05) is 50.2 Å². The minimum absolute atomic E-state index is 0.0639. The molecular formula is C28H22N2O4S. The first-order valence-corrected chi connectivity index (χ1v) is 12.4. The van der Waals surface area contributed by atoms with Crippen molar-refractivity contribution >= 4 is 43.6 Å². The second kappa shape index (κ2) is 8.36.